The van der Waals surface area contributed by atoms with Crippen molar-refractivity contribution in [1.82, 2.24) is 10.9 Å². The number of carbonyl (C=O) groups is 2. The van der Waals surface area contributed by atoms with E-state index in [4.69, 9.17) is 0 Å². The lowest BCUT2D eigenvalue weighted by Crippen LogP contribution is -2.41. The molecule has 0 spiro atoms. The van der Waals surface area contributed by atoms with E-state index in [1.54, 1.807) is 42.5 Å². The molecule has 0 fully saturated rings. The third-order valence-corrected chi connectivity index (χ3v) is 6.19. The van der Waals surface area contributed by atoms with Gasteiger partial charge in [-0.15, -0.1) is 0 Å². The quantitative estimate of drug-likeness (QED) is 0.586. The van der Waals surface area contributed by atoms with Gasteiger partial charge in [0.05, 0.1) is 9.79 Å². The second-order valence-electron chi connectivity index (χ2n) is 5.76. The highest BCUT2D eigenvalue weighted by atomic mass is 79.9. The molecule has 0 atom stereocenters. The van der Waals surface area contributed by atoms with Crippen molar-refractivity contribution in [1.29, 1.82) is 0 Å². The molecule has 0 aliphatic heterocycles. The lowest BCUT2D eigenvalue weighted by Gasteiger charge is -2.09. The number of halogens is 1. The van der Waals surface area contributed by atoms with Crippen LogP contribution in [0.2, 0.25) is 0 Å². The van der Waals surface area contributed by atoms with Crippen molar-refractivity contribution in [3.8, 4) is 0 Å². The highest BCUT2D eigenvalue weighted by Gasteiger charge is 2.18. The van der Waals surface area contributed by atoms with Gasteiger partial charge in [-0.3, -0.25) is 20.4 Å². The number of hydrogen-bond acceptors (Lipinski definition) is 4. The molecule has 3 aromatic carbocycles. The Bertz CT molecular complexity index is 1100. The van der Waals surface area contributed by atoms with Crippen LogP contribution in [0.25, 0.3) is 0 Å². The standard InChI is InChI=1S/C20H15BrN2O4S/c21-16-10-6-14(7-11-16)19(24)22-23-20(25)15-8-12-18(13-9-15)28(26,27)17-4-2-1-3-5-17/h1-13H,(H,22,24)(H,23,25). The molecule has 0 unspecified atom stereocenters. The largest absolute Gasteiger partial charge is 0.269 e. The molecule has 3 rings (SSSR count). The summed E-state index contributed by atoms with van der Waals surface area (Å²) in [6.45, 7) is 0. The van der Waals surface area contributed by atoms with Crippen LogP contribution in [0.4, 0.5) is 0 Å². The first-order valence-electron chi connectivity index (χ1n) is 8.14. The van der Waals surface area contributed by atoms with E-state index in [-0.39, 0.29) is 15.4 Å². The van der Waals surface area contributed by atoms with Gasteiger partial charge < -0.3 is 0 Å². The Morgan fingerprint density at radius 3 is 1.57 bits per heavy atom. The number of hydrazine groups is 1. The first-order valence-corrected chi connectivity index (χ1v) is 10.4. The van der Waals surface area contributed by atoms with Crippen LogP contribution >= 0.6 is 15.9 Å². The van der Waals surface area contributed by atoms with Crippen LogP contribution in [0, 0.1) is 0 Å². The number of hydrogen-bond donors (Lipinski definition) is 2. The predicted molar refractivity (Wildman–Crippen MR) is 107 cm³/mol. The highest BCUT2D eigenvalue weighted by Crippen LogP contribution is 2.20. The Labute approximate surface area is 170 Å². The fourth-order valence-electron chi connectivity index (χ4n) is 2.38. The zero-order chi connectivity index (χ0) is 20.1. The van der Waals surface area contributed by atoms with E-state index in [1.165, 1.54) is 36.4 Å². The minimum Gasteiger partial charge on any atom is -0.267 e. The topological polar surface area (TPSA) is 92.3 Å². The van der Waals surface area contributed by atoms with E-state index in [2.05, 4.69) is 26.8 Å². The van der Waals surface area contributed by atoms with Crippen LogP contribution in [0.5, 0.6) is 0 Å². The maximum atomic E-state index is 12.5. The maximum absolute atomic E-state index is 12.5. The van der Waals surface area contributed by atoms with Gasteiger partial charge in [-0.2, -0.15) is 0 Å². The van der Waals surface area contributed by atoms with Crippen molar-refractivity contribution >= 4 is 37.6 Å². The Balaban J connectivity index is 1.67. The molecule has 0 heterocycles. The molecule has 0 radical (unpaired) electrons. The molecule has 3 aromatic rings. The van der Waals surface area contributed by atoms with Gasteiger partial charge in [-0.05, 0) is 60.7 Å². The van der Waals surface area contributed by atoms with Crippen LogP contribution < -0.4 is 10.9 Å². The minimum absolute atomic E-state index is 0.0779. The monoisotopic (exact) mass is 458 g/mol. The number of sulfone groups is 1. The first kappa shape index (κ1) is 19.8. The summed E-state index contributed by atoms with van der Waals surface area (Å²) in [5.74, 6) is -1.03. The van der Waals surface area contributed by atoms with Crippen molar-refractivity contribution in [2.24, 2.45) is 0 Å². The third-order valence-electron chi connectivity index (χ3n) is 3.88. The summed E-state index contributed by atoms with van der Waals surface area (Å²) in [4.78, 5) is 24.4. The number of benzene rings is 3. The van der Waals surface area contributed by atoms with E-state index in [0.717, 1.165) is 4.47 Å². The number of carbonyl (C=O) groups excluding carboxylic acids is 2. The molecular formula is C20H15BrN2O4S. The van der Waals surface area contributed by atoms with Gasteiger partial charge in [0.15, 0.2) is 0 Å². The maximum Gasteiger partial charge on any atom is 0.269 e. The van der Waals surface area contributed by atoms with Crippen LogP contribution in [0.15, 0.2) is 93.1 Å². The Morgan fingerprint density at radius 2 is 1.07 bits per heavy atom. The normalized spacial score (nSPS) is 10.9. The number of amides is 2. The fourth-order valence-corrected chi connectivity index (χ4v) is 3.93. The van der Waals surface area contributed by atoms with Gasteiger partial charge in [-0.1, -0.05) is 34.1 Å². The summed E-state index contributed by atoms with van der Waals surface area (Å²) in [6, 6.07) is 20.1. The van der Waals surface area contributed by atoms with Gasteiger partial charge in [0.1, 0.15) is 0 Å². The zero-order valence-corrected chi connectivity index (χ0v) is 16.8. The van der Waals surface area contributed by atoms with Crippen molar-refractivity contribution in [2.75, 3.05) is 0 Å². The fraction of sp³-hybridized carbons (Fsp3) is 0. The van der Waals surface area contributed by atoms with Gasteiger partial charge in [0, 0.05) is 15.6 Å². The summed E-state index contributed by atoms with van der Waals surface area (Å²) in [5, 5.41) is 0. The molecule has 0 aromatic heterocycles. The SMILES string of the molecule is O=C(NNC(=O)c1ccc(S(=O)(=O)c2ccccc2)cc1)c1ccc(Br)cc1. The van der Waals surface area contributed by atoms with Gasteiger partial charge in [-0.25, -0.2) is 8.42 Å². The summed E-state index contributed by atoms with van der Waals surface area (Å²) >= 11 is 3.28. The molecule has 0 saturated heterocycles. The second kappa shape index (κ2) is 8.37. The highest BCUT2D eigenvalue weighted by molar-refractivity contribution is 9.10. The number of rotatable bonds is 4. The van der Waals surface area contributed by atoms with Crippen molar-refractivity contribution in [3.63, 3.8) is 0 Å². The molecule has 0 aliphatic carbocycles. The summed E-state index contributed by atoms with van der Waals surface area (Å²) < 4.78 is 25.9. The van der Waals surface area contributed by atoms with Crippen LogP contribution in [0.3, 0.4) is 0 Å². The lowest BCUT2D eigenvalue weighted by atomic mass is 10.2. The molecule has 0 saturated carbocycles. The van der Waals surface area contributed by atoms with Crippen LogP contribution in [0.1, 0.15) is 20.7 Å². The minimum atomic E-state index is -3.65. The van der Waals surface area contributed by atoms with Gasteiger partial charge in [0.25, 0.3) is 11.8 Å². The Kier molecular flexibility index (Phi) is 5.91. The van der Waals surface area contributed by atoms with Gasteiger partial charge in [0.2, 0.25) is 9.84 Å². The molecule has 2 amide bonds. The Morgan fingerprint density at radius 1 is 0.643 bits per heavy atom. The van der Waals surface area contributed by atoms with E-state index >= 15 is 0 Å². The number of nitrogens with one attached hydrogen (secondary N) is 2. The van der Waals surface area contributed by atoms with E-state index in [0.29, 0.717) is 5.56 Å². The molecule has 0 aliphatic rings. The molecule has 0 bridgehead atoms. The molecule has 28 heavy (non-hydrogen) atoms. The third kappa shape index (κ3) is 4.47. The van der Waals surface area contributed by atoms with Crippen molar-refractivity contribution in [3.05, 3.63) is 94.5 Å². The first-order chi connectivity index (χ1) is 13.4. The van der Waals surface area contributed by atoms with Crippen molar-refractivity contribution < 1.29 is 18.0 Å². The second-order valence-corrected chi connectivity index (χ2v) is 8.62. The molecule has 142 valence electrons. The molecule has 2 N–H and O–H groups in total. The van der Waals surface area contributed by atoms with E-state index < -0.39 is 21.7 Å². The summed E-state index contributed by atoms with van der Waals surface area (Å²) in [7, 11) is -3.65. The van der Waals surface area contributed by atoms with E-state index in [9.17, 15) is 18.0 Å². The smallest absolute Gasteiger partial charge is 0.267 e. The zero-order valence-electron chi connectivity index (χ0n) is 14.4. The lowest BCUT2D eigenvalue weighted by molar-refractivity contribution is 0.0846. The average Bonchev–Trinajstić information content (AvgIpc) is 2.73. The van der Waals surface area contributed by atoms with Crippen molar-refractivity contribution in [2.45, 2.75) is 9.79 Å². The molecule has 8 heteroatoms. The molecule has 6 nitrogen and oxygen atoms in total. The average molecular weight is 459 g/mol. The predicted octanol–water partition coefficient (Wildman–Crippen LogP) is 3.36. The Hall–Kier alpha value is -2.97. The van der Waals surface area contributed by atoms with Crippen LogP contribution in [-0.4, -0.2) is 20.2 Å². The van der Waals surface area contributed by atoms with Crippen LogP contribution in [-0.2, 0) is 9.84 Å². The summed E-state index contributed by atoms with van der Waals surface area (Å²) in [5.41, 5.74) is 5.21. The van der Waals surface area contributed by atoms with E-state index in [1.807, 2.05) is 0 Å². The van der Waals surface area contributed by atoms with Gasteiger partial charge >= 0.3 is 0 Å². The summed E-state index contributed by atoms with van der Waals surface area (Å²) in [6.07, 6.45) is 0. The molecular weight excluding hydrogens is 444 g/mol.